The van der Waals surface area contributed by atoms with Crippen molar-refractivity contribution in [2.45, 2.75) is 6.54 Å². The largest absolute Gasteiger partial charge is 0.471 e. The second kappa shape index (κ2) is 2.85. The lowest BCUT2D eigenvalue weighted by Gasteiger charge is -2.25. The molecule has 3 nitrogen and oxygen atoms in total. The van der Waals surface area contributed by atoms with Gasteiger partial charge in [-0.05, 0) is 6.07 Å². The molecule has 0 saturated heterocycles. The van der Waals surface area contributed by atoms with Crippen molar-refractivity contribution in [1.29, 1.82) is 0 Å². The number of nitrogens with zero attached hydrogens (tertiary/aromatic N) is 2. The summed E-state index contributed by atoms with van der Waals surface area (Å²) in [6.45, 7) is 4.75. The summed E-state index contributed by atoms with van der Waals surface area (Å²) < 4.78 is 5.42. The number of para-hydroxylation sites is 1. The minimum atomic E-state index is 0.501. The van der Waals surface area contributed by atoms with E-state index in [-0.39, 0.29) is 0 Å². The van der Waals surface area contributed by atoms with Crippen LogP contribution >= 0.6 is 0 Å². The molecule has 1 aromatic carbocycles. The van der Waals surface area contributed by atoms with E-state index >= 15 is 0 Å². The monoisotopic (exact) mass is 162 g/mol. The van der Waals surface area contributed by atoms with Crippen molar-refractivity contribution in [2.24, 2.45) is 5.10 Å². The Hall–Kier alpha value is -1.51. The topological polar surface area (TPSA) is 24.8 Å². The molecule has 0 spiro atoms. The zero-order valence-corrected chi connectivity index (χ0v) is 6.73. The molecule has 1 aromatic rings. The van der Waals surface area contributed by atoms with Crippen LogP contribution in [-0.4, -0.2) is 18.5 Å². The molecule has 3 heteroatoms. The van der Waals surface area contributed by atoms with E-state index in [2.05, 4.69) is 11.8 Å². The molecule has 0 amide bonds. The molecular weight excluding hydrogens is 152 g/mol. The van der Waals surface area contributed by atoms with Crippen LogP contribution in [0.3, 0.4) is 0 Å². The van der Waals surface area contributed by atoms with Gasteiger partial charge < -0.3 is 4.74 Å². The summed E-state index contributed by atoms with van der Waals surface area (Å²) >= 11 is 0. The average Bonchev–Trinajstić information content (AvgIpc) is 2.17. The summed E-state index contributed by atoms with van der Waals surface area (Å²) in [5.74, 6) is 0.956. The van der Waals surface area contributed by atoms with Crippen molar-refractivity contribution in [1.82, 2.24) is 5.01 Å². The predicted molar refractivity (Wildman–Crippen MR) is 47.0 cm³/mol. The summed E-state index contributed by atoms with van der Waals surface area (Å²) in [6.07, 6.45) is 0. The Kier molecular flexibility index (Phi) is 1.70. The van der Waals surface area contributed by atoms with E-state index < -0.39 is 0 Å². The molecule has 0 N–H and O–H groups in total. The number of ether oxygens (including phenoxy) is 1. The van der Waals surface area contributed by atoms with Gasteiger partial charge in [-0.3, -0.25) is 5.01 Å². The minimum absolute atomic E-state index is 0.501. The first-order chi connectivity index (χ1) is 5.90. The maximum absolute atomic E-state index is 5.42. The van der Waals surface area contributed by atoms with Crippen LogP contribution in [-0.2, 0) is 6.54 Å². The third kappa shape index (κ3) is 1.13. The van der Waals surface area contributed by atoms with Crippen molar-refractivity contribution >= 4 is 6.72 Å². The molecule has 1 heterocycles. The fourth-order valence-electron chi connectivity index (χ4n) is 1.25. The lowest BCUT2D eigenvalue weighted by atomic mass is 10.2. The van der Waals surface area contributed by atoms with E-state index in [0.29, 0.717) is 6.73 Å². The van der Waals surface area contributed by atoms with E-state index in [1.165, 1.54) is 0 Å². The van der Waals surface area contributed by atoms with Gasteiger partial charge in [-0.2, -0.15) is 5.10 Å². The van der Waals surface area contributed by atoms with Crippen molar-refractivity contribution in [2.75, 3.05) is 6.73 Å². The third-order valence-corrected chi connectivity index (χ3v) is 1.89. The predicted octanol–water partition coefficient (Wildman–Crippen LogP) is 1.45. The van der Waals surface area contributed by atoms with Gasteiger partial charge in [-0.15, -0.1) is 0 Å². The lowest BCUT2D eigenvalue weighted by molar-refractivity contribution is 0.100. The second-order valence-corrected chi connectivity index (χ2v) is 2.69. The molecule has 62 valence electrons. The van der Waals surface area contributed by atoms with Crippen LogP contribution in [0.15, 0.2) is 29.4 Å². The van der Waals surface area contributed by atoms with Crippen molar-refractivity contribution in [3.05, 3.63) is 29.8 Å². The Morgan fingerprint density at radius 2 is 2.25 bits per heavy atom. The SMILES string of the molecule is C=NN1COc2ccccc2C1. The zero-order chi connectivity index (χ0) is 8.39. The Labute approximate surface area is 71.3 Å². The Morgan fingerprint density at radius 3 is 3.08 bits per heavy atom. The fourth-order valence-corrected chi connectivity index (χ4v) is 1.25. The molecule has 0 saturated carbocycles. The highest BCUT2D eigenvalue weighted by atomic mass is 16.5. The minimum Gasteiger partial charge on any atom is -0.471 e. The first-order valence-corrected chi connectivity index (χ1v) is 3.82. The summed E-state index contributed by atoms with van der Waals surface area (Å²) in [5.41, 5.74) is 1.16. The van der Waals surface area contributed by atoms with E-state index in [4.69, 9.17) is 4.74 Å². The molecule has 12 heavy (non-hydrogen) atoms. The molecule has 1 aliphatic heterocycles. The number of benzene rings is 1. The highest BCUT2D eigenvalue weighted by Gasteiger charge is 2.13. The summed E-state index contributed by atoms with van der Waals surface area (Å²) in [7, 11) is 0. The highest BCUT2D eigenvalue weighted by molar-refractivity contribution is 5.34. The number of fused-ring (bicyclic) bond motifs is 1. The van der Waals surface area contributed by atoms with Gasteiger partial charge in [0.15, 0.2) is 6.73 Å². The van der Waals surface area contributed by atoms with Crippen LogP contribution < -0.4 is 4.74 Å². The van der Waals surface area contributed by atoms with Gasteiger partial charge in [0.1, 0.15) is 5.75 Å². The molecule has 0 aliphatic carbocycles. The highest BCUT2D eigenvalue weighted by Crippen LogP contribution is 2.23. The maximum atomic E-state index is 5.42. The third-order valence-electron chi connectivity index (χ3n) is 1.89. The van der Waals surface area contributed by atoms with Gasteiger partial charge in [0.2, 0.25) is 0 Å². The molecule has 0 atom stereocenters. The molecule has 0 radical (unpaired) electrons. The first kappa shape index (κ1) is 7.16. The molecule has 0 bridgehead atoms. The van der Waals surface area contributed by atoms with Crippen LogP contribution in [0, 0.1) is 0 Å². The van der Waals surface area contributed by atoms with Gasteiger partial charge in [0.05, 0.1) is 6.54 Å². The Morgan fingerprint density at radius 1 is 1.42 bits per heavy atom. The van der Waals surface area contributed by atoms with E-state index in [1.54, 1.807) is 5.01 Å². The number of rotatable bonds is 1. The summed E-state index contributed by atoms with van der Waals surface area (Å²) in [4.78, 5) is 0. The molecule has 1 aliphatic rings. The summed E-state index contributed by atoms with van der Waals surface area (Å²) in [5, 5.41) is 5.58. The lowest BCUT2D eigenvalue weighted by Crippen LogP contribution is -2.26. The van der Waals surface area contributed by atoms with Gasteiger partial charge >= 0.3 is 0 Å². The summed E-state index contributed by atoms with van der Waals surface area (Å²) in [6, 6.07) is 7.97. The van der Waals surface area contributed by atoms with Crippen LogP contribution in [0.4, 0.5) is 0 Å². The van der Waals surface area contributed by atoms with Crippen LogP contribution in [0.2, 0.25) is 0 Å². The van der Waals surface area contributed by atoms with Crippen molar-refractivity contribution in [3.8, 4) is 5.75 Å². The number of hydrazone groups is 1. The fraction of sp³-hybridized carbons (Fsp3) is 0.222. The second-order valence-electron chi connectivity index (χ2n) is 2.69. The molecule has 0 fully saturated rings. The normalized spacial score (nSPS) is 14.8. The van der Waals surface area contributed by atoms with Gasteiger partial charge in [0.25, 0.3) is 0 Å². The van der Waals surface area contributed by atoms with E-state index in [0.717, 1.165) is 17.9 Å². The Bertz CT molecular complexity index is 298. The quantitative estimate of drug-likeness (QED) is 0.584. The standard InChI is InChI=1S/C9H10N2O/c1-10-11-6-8-4-2-3-5-9(8)12-7-11/h2-5H,1,6-7H2. The zero-order valence-electron chi connectivity index (χ0n) is 6.73. The van der Waals surface area contributed by atoms with Crippen LogP contribution in [0.5, 0.6) is 5.75 Å². The molecule has 0 unspecified atom stereocenters. The van der Waals surface area contributed by atoms with Crippen molar-refractivity contribution < 1.29 is 4.74 Å². The van der Waals surface area contributed by atoms with Gasteiger partial charge in [-0.1, -0.05) is 18.2 Å². The smallest absolute Gasteiger partial charge is 0.176 e. The van der Waals surface area contributed by atoms with Crippen LogP contribution in [0.25, 0.3) is 0 Å². The Balaban J connectivity index is 2.28. The van der Waals surface area contributed by atoms with Crippen molar-refractivity contribution in [3.63, 3.8) is 0 Å². The van der Waals surface area contributed by atoms with E-state index in [9.17, 15) is 0 Å². The van der Waals surface area contributed by atoms with Crippen LogP contribution in [0.1, 0.15) is 5.56 Å². The van der Waals surface area contributed by atoms with E-state index in [1.807, 2.05) is 24.3 Å². The molecule has 0 aromatic heterocycles. The first-order valence-electron chi connectivity index (χ1n) is 3.82. The maximum Gasteiger partial charge on any atom is 0.176 e. The average molecular weight is 162 g/mol. The molecule has 2 rings (SSSR count). The van der Waals surface area contributed by atoms with Gasteiger partial charge in [-0.25, -0.2) is 0 Å². The van der Waals surface area contributed by atoms with Gasteiger partial charge in [0, 0.05) is 12.3 Å². The molecular formula is C9H10N2O. The number of hydrogen-bond acceptors (Lipinski definition) is 3. The number of hydrogen-bond donors (Lipinski definition) is 0.